The summed E-state index contributed by atoms with van der Waals surface area (Å²) in [6, 6.07) is 13.2. The maximum atomic E-state index is 12.4. The van der Waals surface area contributed by atoms with Crippen LogP contribution in [0, 0.1) is 13.8 Å². The van der Waals surface area contributed by atoms with Crippen molar-refractivity contribution in [2.24, 2.45) is 0 Å². The molecule has 1 atom stereocenters. The first kappa shape index (κ1) is 19.7. The number of carbonyl (C=O) groups excluding carboxylic acids is 2. The van der Waals surface area contributed by atoms with E-state index in [0.717, 1.165) is 11.4 Å². The van der Waals surface area contributed by atoms with Gasteiger partial charge >= 0.3 is 5.97 Å². The SMILES string of the molecule is CCOC(=O)c1ccccc1NC(=O)C[NH+](C)Cc1ccc(C)cc1C. The zero-order valence-electron chi connectivity index (χ0n) is 15.9. The Morgan fingerprint density at radius 1 is 1.12 bits per heavy atom. The third-order valence-electron chi connectivity index (χ3n) is 4.15. The lowest BCUT2D eigenvalue weighted by molar-refractivity contribution is -0.885. The largest absolute Gasteiger partial charge is 0.462 e. The molecule has 0 saturated heterocycles. The molecule has 2 N–H and O–H groups in total. The summed E-state index contributed by atoms with van der Waals surface area (Å²) in [5.74, 6) is -0.566. The number of esters is 1. The molecule has 5 heteroatoms. The van der Waals surface area contributed by atoms with Gasteiger partial charge in [-0.05, 0) is 38.5 Å². The molecule has 5 nitrogen and oxygen atoms in total. The lowest BCUT2D eigenvalue weighted by Crippen LogP contribution is -3.08. The van der Waals surface area contributed by atoms with Gasteiger partial charge in [-0.15, -0.1) is 0 Å². The Morgan fingerprint density at radius 3 is 2.54 bits per heavy atom. The summed E-state index contributed by atoms with van der Waals surface area (Å²) in [4.78, 5) is 25.5. The highest BCUT2D eigenvalue weighted by molar-refractivity contribution is 6.01. The predicted octanol–water partition coefficient (Wildman–Crippen LogP) is 2.13. The lowest BCUT2D eigenvalue weighted by Gasteiger charge is -2.16. The zero-order valence-corrected chi connectivity index (χ0v) is 15.9. The molecule has 2 aromatic carbocycles. The van der Waals surface area contributed by atoms with Gasteiger partial charge in [0, 0.05) is 5.56 Å². The molecule has 0 saturated carbocycles. The highest BCUT2D eigenvalue weighted by atomic mass is 16.5. The fourth-order valence-electron chi connectivity index (χ4n) is 2.88. The van der Waals surface area contributed by atoms with E-state index >= 15 is 0 Å². The zero-order chi connectivity index (χ0) is 19.1. The standard InChI is InChI=1S/C21H26N2O3/c1-5-26-21(25)18-8-6-7-9-19(18)22-20(24)14-23(4)13-17-11-10-15(2)12-16(17)3/h6-12H,5,13-14H2,1-4H3,(H,22,24)/p+1. The lowest BCUT2D eigenvalue weighted by atomic mass is 10.1. The number of anilines is 1. The number of amides is 1. The number of hydrogen-bond acceptors (Lipinski definition) is 3. The van der Waals surface area contributed by atoms with Gasteiger partial charge in [0.2, 0.25) is 0 Å². The van der Waals surface area contributed by atoms with E-state index in [1.54, 1.807) is 31.2 Å². The molecule has 0 radical (unpaired) electrons. The number of rotatable bonds is 7. The molecule has 0 aliphatic rings. The van der Waals surface area contributed by atoms with E-state index in [2.05, 4.69) is 37.4 Å². The molecule has 0 spiro atoms. The Bertz CT molecular complexity index is 787. The van der Waals surface area contributed by atoms with Gasteiger partial charge < -0.3 is 15.0 Å². The van der Waals surface area contributed by atoms with Gasteiger partial charge in [-0.1, -0.05) is 35.9 Å². The van der Waals surface area contributed by atoms with Crippen LogP contribution in [0.3, 0.4) is 0 Å². The van der Waals surface area contributed by atoms with Gasteiger partial charge in [-0.2, -0.15) is 0 Å². The number of carbonyl (C=O) groups is 2. The van der Waals surface area contributed by atoms with E-state index in [1.165, 1.54) is 16.7 Å². The summed E-state index contributed by atoms with van der Waals surface area (Å²) < 4.78 is 5.04. The van der Waals surface area contributed by atoms with Gasteiger partial charge in [0.15, 0.2) is 6.54 Å². The van der Waals surface area contributed by atoms with E-state index in [1.807, 2.05) is 7.05 Å². The van der Waals surface area contributed by atoms with Gasteiger partial charge in [-0.25, -0.2) is 4.79 Å². The summed E-state index contributed by atoms with van der Waals surface area (Å²) in [6.45, 7) is 7.28. The molecule has 0 fully saturated rings. The highest BCUT2D eigenvalue weighted by Gasteiger charge is 2.16. The number of nitrogens with one attached hydrogen (secondary N) is 2. The second-order valence-corrected chi connectivity index (χ2v) is 6.55. The molecule has 0 heterocycles. The second kappa shape index (κ2) is 9.15. The minimum absolute atomic E-state index is 0.135. The summed E-state index contributed by atoms with van der Waals surface area (Å²) >= 11 is 0. The van der Waals surface area contributed by atoms with Crippen LogP contribution < -0.4 is 10.2 Å². The van der Waals surface area contributed by atoms with Gasteiger partial charge in [0.05, 0.1) is 24.9 Å². The predicted molar refractivity (Wildman–Crippen MR) is 102 cm³/mol. The quantitative estimate of drug-likeness (QED) is 0.748. The normalized spacial score (nSPS) is 11.7. The van der Waals surface area contributed by atoms with Gasteiger partial charge in [-0.3, -0.25) is 4.79 Å². The molecule has 0 aliphatic heterocycles. The van der Waals surface area contributed by atoms with E-state index < -0.39 is 5.97 Å². The van der Waals surface area contributed by atoms with Crippen molar-refractivity contribution in [3.63, 3.8) is 0 Å². The molecular formula is C21H27N2O3+. The van der Waals surface area contributed by atoms with Crippen LogP contribution in [0.25, 0.3) is 0 Å². The van der Waals surface area contributed by atoms with Crippen LogP contribution in [0.15, 0.2) is 42.5 Å². The Morgan fingerprint density at radius 2 is 1.85 bits per heavy atom. The van der Waals surface area contributed by atoms with Crippen molar-refractivity contribution < 1.29 is 19.2 Å². The van der Waals surface area contributed by atoms with Crippen LogP contribution in [0.1, 0.15) is 34.0 Å². The summed E-state index contributed by atoms with van der Waals surface area (Å²) in [5.41, 5.74) is 4.55. The maximum Gasteiger partial charge on any atom is 0.340 e. The molecule has 138 valence electrons. The van der Waals surface area contributed by atoms with Crippen LogP contribution in [0.5, 0.6) is 0 Å². The van der Waals surface area contributed by atoms with Gasteiger partial charge in [0.25, 0.3) is 5.91 Å². The number of para-hydroxylation sites is 1. The summed E-state index contributed by atoms with van der Waals surface area (Å²) in [6.07, 6.45) is 0. The Hall–Kier alpha value is -2.66. The van der Waals surface area contributed by atoms with Gasteiger partial charge in [0.1, 0.15) is 6.54 Å². The van der Waals surface area contributed by atoms with Crippen molar-refractivity contribution in [1.82, 2.24) is 0 Å². The molecule has 0 aliphatic carbocycles. The fourth-order valence-corrected chi connectivity index (χ4v) is 2.88. The number of ether oxygens (including phenoxy) is 1. The number of likely N-dealkylation sites (N-methyl/N-ethyl adjacent to an activating group) is 1. The average Bonchev–Trinajstić information content (AvgIpc) is 2.58. The Labute approximate surface area is 155 Å². The second-order valence-electron chi connectivity index (χ2n) is 6.55. The molecule has 1 amide bonds. The van der Waals surface area contributed by atoms with E-state index in [-0.39, 0.29) is 5.91 Å². The molecule has 1 unspecified atom stereocenters. The van der Waals surface area contributed by atoms with Crippen LogP contribution in [0.2, 0.25) is 0 Å². The average molecular weight is 355 g/mol. The molecule has 0 bridgehead atoms. The van der Waals surface area contributed by atoms with Crippen LogP contribution in [0.4, 0.5) is 5.69 Å². The molecule has 2 aromatic rings. The minimum Gasteiger partial charge on any atom is -0.462 e. The number of aryl methyl sites for hydroxylation is 2. The first-order valence-electron chi connectivity index (χ1n) is 8.84. The van der Waals surface area contributed by atoms with E-state index in [9.17, 15) is 9.59 Å². The van der Waals surface area contributed by atoms with E-state index in [4.69, 9.17) is 4.74 Å². The van der Waals surface area contributed by atoms with Crippen molar-refractivity contribution in [2.45, 2.75) is 27.3 Å². The minimum atomic E-state index is -0.431. The smallest absolute Gasteiger partial charge is 0.340 e. The monoisotopic (exact) mass is 355 g/mol. The molecular weight excluding hydrogens is 328 g/mol. The molecule has 26 heavy (non-hydrogen) atoms. The van der Waals surface area contributed by atoms with Crippen molar-refractivity contribution in [2.75, 3.05) is 25.5 Å². The summed E-state index contributed by atoms with van der Waals surface area (Å²) in [5, 5.41) is 2.83. The Balaban J connectivity index is 1.99. The third-order valence-corrected chi connectivity index (χ3v) is 4.15. The van der Waals surface area contributed by atoms with Crippen LogP contribution in [-0.4, -0.2) is 32.1 Å². The van der Waals surface area contributed by atoms with Crippen LogP contribution >= 0.6 is 0 Å². The summed E-state index contributed by atoms with van der Waals surface area (Å²) in [7, 11) is 1.98. The topological polar surface area (TPSA) is 59.8 Å². The fraction of sp³-hybridized carbons (Fsp3) is 0.333. The third kappa shape index (κ3) is 5.43. The van der Waals surface area contributed by atoms with Crippen molar-refractivity contribution in [1.29, 1.82) is 0 Å². The maximum absolute atomic E-state index is 12.4. The number of quaternary nitrogens is 1. The van der Waals surface area contributed by atoms with Crippen LogP contribution in [-0.2, 0) is 16.1 Å². The number of hydrogen-bond donors (Lipinski definition) is 2. The molecule has 2 rings (SSSR count). The highest BCUT2D eigenvalue weighted by Crippen LogP contribution is 2.16. The number of benzene rings is 2. The van der Waals surface area contributed by atoms with Crippen molar-refractivity contribution in [3.05, 3.63) is 64.7 Å². The van der Waals surface area contributed by atoms with Crippen molar-refractivity contribution in [3.8, 4) is 0 Å². The van der Waals surface area contributed by atoms with E-state index in [0.29, 0.717) is 24.4 Å². The van der Waals surface area contributed by atoms with Crippen molar-refractivity contribution >= 4 is 17.6 Å². The first-order chi connectivity index (χ1) is 12.4. The first-order valence-corrected chi connectivity index (χ1v) is 8.84. The Kier molecular flexibility index (Phi) is 6.92. The molecule has 0 aromatic heterocycles.